The molecule has 0 radical (unpaired) electrons. The molecule has 0 aliphatic heterocycles. The van der Waals surface area contributed by atoms with Crippen LogP contribution in [0, 0.1) is 0 Å². The van der Waals surface area contributed by atoms with Crippen molar-refractivity contribution in [2.75, 3.05) is 7.11 Å². The highest BCUT2D eigenvalue weighted by atomic mass is 16.5. The summed E-state index contributed by atoms with van der Waals surface area (Å²) in [5.41, 5.74) is 1.59. The summed E-state index contributed by atoms with van der Waals surface area (Å²) < 4.78 is 5.54. The Morgan fingerprint density at radius 3 is 2.53 bits per heavy atom. The number of hydrogen-bond acceptors (Lipinski definition) is 1. The SMILES string of the molecule is C/C=C/CC/C(C)=C/CCCC(C)(CC)OC. The van der Waals surface area contributed by atoms with Gasteiger partial charge in [0.25, 0.3) is 0 Å². The van der Waals surface area contributed by atoms with Crippen LogP contribution in [0.25, 0.3) is 0 Å². The van der Waals surface area contributed by atoms with Gasteiger partial charge in [-0.25, -0.2) is 0 Å². The van der Waals surface area contributed by atoms with Crippen LogP contribution in [0.5, 0.6) is 0 Å². The zero-order chi connectivity index (χ0) is 13.1. The van der Waals surface area contributed by atoms with Gasteiger partial charge in [-0.3, -0.25) is 0 Å². The fourth-order valence-electron chi connectivity index (χ4n) is 1.83. The minimum atomic E-state index is 0.0761. The Hall–Kier alpha value is -0.560. The molecular formula is C16H30O. The van der Waals surface area contributed by atoms with Gasteiger partial charge in [-0.05, 0) is 59.3 Å². The molecule has 0 rings (SSSR count). The Kier molecular flexibility index (Phi) is 9.16. The fraction of sp³-hybridized carbons (Fsp3) is 0.750. The summed E-state index contributed by atoms with van der Waals surface area (Å²) in [4.78, 5) is 0. The molecule has 0 heterocycles. The second-order valence-corrected chi connectivity index (χ2v) is 5.06. The van der Waals surface area contributed by atoms with Gasteiger partial charge in [0, 0.05) is 7.11 Å². The number of hydrogen-bond donors (Lipinski definition) is 0. The number of allylic oxidation sites excluding steroid dienone is 4. The molecule has 0 saturated heterocycles. The van der Waals surface area contributed by atoms with Crippen LogP contribution in [0.4, 0.5) is 0 Å². The molecule has 0 bridgehead atoms. The maximum Gasteiger partial charge on any atom is 0.0648 e. The lowest BCUT2D eigenvalue weighted by Crippen LogP contribution is -2.25. The van der Waals surface area contributed by atoms with Crippen molar-refractivity contribution in [3.05, 3.63) is 23.8 Å². The summed E-state index contributed by atoms with van der Waals surface area (Å²) in [5.74, 6) is 0. The van der Waals surface area contributed by atoms with Gasteiger partial charge in [-0.1, -0.05) is 30.7 Å². The average molecular weight is 238 g/mol. The highest BCUT2D eigenvalue weighted by Crippen LogP contribution is 2.22. The van der Waals surface area contributed by atoms with Crippen molar-refractivity contribution in [1.82, 2.24) is 0 Å². The van der Waals surface area contributed by atoms with Crippen LogP contribution in [0.15, 0.2) is 23.8 Å². The van der Waals surface area contributed by atoms with Gasteiger partial charge < -0.3 is 4.74 Å². The maximum absolute atomic E-state index is 5.54. The summed E-state index contributed by atoms with van der Waals surface area (Å²) in [6.45, 7) is 8.71. The maximum atomic E-state index is 5.54. The number of unbranched alkanes of at least 4 members (excludes halogenated alkanes) is 1. The van der Waals surface area contributed by atoms with Crippen molar-refractivity contribution in [3.8, 4) is 0 Å². The molecule has 0 fully saturated rings. The van der Waals surface area contributed by atoms with Crippen molar-refractivity contribution in [3.63, 3.8) is 0 Å². The van der Waals surface area contributed by atoms with Gasteiger partial charge in [0.2, 0.25) is 0 Å². The fourth-order valence-corrected chi connectivity index (χ4v) is 1.83. The molecule has 0 aromatic carbocycles. The first kappa shape index (κ1) is 16.4. The molecule has 0 saturated carbocycles. The molecule has 1 unspecified atom stereocenters. The van der Waals surface area contributed by atoms with Gasteiger partial charge in [0.05, 0.1) is 5.60 Å². The number of rotatable bonds is 9. The van der Waals surface area contributed by atoms with Crippen molar-refractivity contribution in [1.29, 1.82) is 0 Å². The summed E-state index contributed by atoms with van der Waals surface area (Å²) in [6, 6.07) is 0. The van der Waals surface area contributed by atoms with Crippen LogP contribution < -0.4 is 0 Å². The Morgan fingerprint density at radius 2 is 2.00 bits per heavy atom. The van der Waals surface area contributed by atoms with Crippen LogP contribution >= 0.6 is 0 Å². The quantitative estimate of drug-likeness (QED) is 0.392. The molecule has 0 aliphatic rings. The van der Waals surface area contributed by atoms with E-state index in [0.717, 1.165) is 12.8 Å². The van der Waals surface area contributed by atoms with Gasteiger partial charge in [-0.2, -0.15) is 0 Å². The molecule has 0 N–H and O–H groups in total. The topological polar surface area (TPSA) is 9.23 Å². The predicted octanol–water partition coefficient (Wildman–Crippen LogP) is 5.27. The third-order valence-corrected chi connectivity index (χ3v) is 3.58. The molecule has 0 amide bonds. The normalized spacial score (nSPS) is 16.4. The van der Waals surface area contributed by atoms with Crippen molar-refractivity contribution in [2.45, 2.75) is 71.8 Å². The van der Waals surface area contributed by atoms with Crippen LogP contribution in [-0.4, -0.2) is 12.7 Å². The first-order chi connectivity index (χ1) is 8.08. The van der Waals surface area contributed by atoms with E-state index in [-0.39, 0.29) is 5.60 Å². The molecule has 1 nitrogen and oxygen atoms in total. The third-order valence-electron chi connectivity index (χ3n) is 3.58. The van der Waals surface area contributed by atoms with Gasteiger partial charge in [0.15, 0.2) is 0 Å². The monoisotopic (exact) mass is 238 g/mol. The van der Waals surface area contributed by atoms with Crippen LogP contribution in [0.1, 0.15) is 66.2 Å². The highest BCUT2D eigenvalue weighted by Gasteiger charge is 2.19. The summed E-state index contributed by atoms with van der Waals surface area (Å²) in [6.07, 6.45) is 13.7. The second-order valence-electron chi connectivity index (χ2n) is 5.06. The van der Waals surface area contributed by atoms with Gasteiger partial charge in [-0.15, -0.1) is 0 Å². The van der Waals surface area contributed by atoms with Crippen LogP contribution in [0.2, 0.25) is 0 Å². The molecule has 1 atom stereocenters. The second kappa shape index (κ2) is 9.47. The Labute approximate surface area is 108 Å². The van der Waals surface area contributed by atoms with Crippen molar-refractivity contribution >= 4 is 0 Å². The first-order valence-electron chi connectivity index (χ1n) is 6.90. The largest absolute Gasteiger partial charge is 0.379 e. The van der Waals surface area contributed by atoms with E-state index in [1.165, 1.54) is 31.3 Å². The predicted molar refractivity (Wildman–Crippen MR) is 77.4 cm³/mol. The molecular weight excluding hydrogens is 208 g/mol. The summed E-state index contributed by atoms with van der Waals surface area (Å²) in [5, 5.41) is 0. The standard InChI is InChI=1S/C16H30O/c1-6-8-9-12-15(3)13-10-11-14-16(4,7-2)17-5/h6,8,13H,7,9-12,14H2,1-5H3/b8-6+,15-13+. The smallest absolute Gasteiger partial charge is 0.0648 e. The third kappa shape index (κ3) is 8.20. The van der Waals surface area contributed by atoms with E-state index in [1.807, 2.05) is 7.11 Å². The Morgan fingerprint density at radius 1 is 1.29 bits per heavy atom. The average Bonchev–Trinajstić information content (AvgIpc) is 2.35. The van der Waals surface area contributed by atoms with Crippen LogP contribution in [0.3, 0.4) is 0 Å². The summed E-state index contributed by atoms with van der Waals surface area (Å²) >= 11 is 0. The van der Waals surface area contributed by atoms with E-state index in [2.05, 4.69) is 45.9 Å². The van der Waals surface area contributed by atoms with Gasteiger partial charge in [0.1, 0.15) is 0 Å². The minimum absolute atomic E-state index is 0.0761. The molecule has 0 spiro atoms. The van der Waals surface area contributed by atoms with E-state index < -0.39 is 0 Å². The Balaban J connectivity index is 3.78. The summed E-state index contributed by atoms with van der Waals surface area (Å²) in [7, 11) is 1.82. The molecule has 100 valence electrons. The zero-order valence-electron chi connectivity index (χ0n) is 12.4. The lowest BCUT2D eigenvalue weighted by molar-refractivity contribution is -0.00552. The molecule has 0 aromatic heterocycles. The van der Waals surface area contributed by atoms with E-state index in [4.69, 9.17) is 4.74 Å². The van der Waals surface area contributed by atoms with Gasteiger partial charge >= 0.3 is 0 Å². The van der Waals surface area contributed by atoms with E-state index in [1.54, 1.807) is 0 Å². The highest BCUT2D eigenvalue weighted by molar-refractivity contribution is 4.99. The first-order valence-corrected chi connectivity index (χ1v) is 6.90. The van der Waals surface area contributed by atoms with E-state index in [9.17, 15) is 0 Å². The minimum Gasteiger partial charge on any atom is -0.379 e. The number of methoxy groups -OCH3 is 1. The molecule has 1 heteroatoms. The zero-order valence-corrected chi connectivity index (χ0v) is 12.4. The molecule has 0 aromatic rings. The lowest BCUT2D eigenvalue weighted by Gasteiger charge is -2.26. The van der Waals surface area contributed by atoms with E-state index >= 15 is 0 Å². The van der Waals surface area contributed by atoms with Crippen molar-refractivity contribution in [2.24, 2.45) is 0 Å². The lowest BCUT2D eigenvalue weighted by atomic mass is 9.95. The molecule has 17 heavy (non-hydrogen) atoms. The van der Waals surface area contributed by atoms with Crippen LogP contribution in [-0.2, 0) is 4.74 Å². The number of ether oxygens (including phenoxy) is 1. The van der Waals surface area contributed by atoms with Crippen molar-refractivity contribution < 1.29 is 4.74 Å². The Bertz CT molecular complexity index is 234. The molecule has 0 aliphatic carbocycles. The van der Waals surface area contributed by atoms with E-state index in [0.29, 0.717) is 0 Å².